The van der Waals surface area contributed by atoms with Crippen molar-refractivity contribution < 1.29 is 9.90 Å². The molecule has 2 rings (SSSR count). The number of amides is 1. The minimum absolute atomic E-state index is 0.0434. The van der Waals surface area contributed by atoms with Crippen molar-refractivity contribution >= 4 is 5.91 Å². The molecule has 2 N–H and O–H groups in total. The van der Waals surface area contributed by atoms with Crippen molar-refractivity contribution in [3.8, 4) is 0 Å². The van der Waals surface area contributed by atoms with Crippen LogP contribution in [0.15, 0.2) is 18.3 Å². The van der Waals surface area contributed by atoms with E-state index in [0.717, 1.165) is 32.1 Å². The standard InChI is InChI=1S/C13H20N2O2/c1-15-10-2-5-11(15)12(16)14-9-4-8-13(17)6-3-7-13/h2,5,10,17H,3-4,6-9H2,1H3,(H,14,16). The summed E-state index contributed by atoms with van der Waals surface area (Å²) >= 11 is 0. The van der Waals surface area contributed by atoms with Gasteiger partial charge in [-0.25, -0.2) is 0 Å². The third-order valence-electron chi connectivity index (χ3n) is 3.57. The van der Waals surface area contributed by atoms with Crippen LogP contribution in [0.3, 0.4) is 0 Å². The maximum atomic E-state index is 11.7. The Kier molecular flexibility index (Phi) is 3.52. The molecule has 1 fully saturated rings. The molecule has 0 bridgehead atoms. The van der Waals surface area contributed by atoms with E-state index in [0.29, 0.717) is 12.2 Å². The van der Waals surface area contributed by atoms with Crippen LogP contribution in [0.1, 0.15) is 42.6 Å². The van der Waals surface area contributed by atoms with Gasteiger partial charge in [0.2, 0.25) is 0 Å². The summed E-state index contributed by atoms with van der Waals surface area (Å²) in [6, 6.07) is 3.65. The highest BCUT2D eigenvalue weighted by Crippen LogP contribution is 2.35. The van der Waals surface area contributed by atoms with Crippen LogP contribution >= 0.6 is 0 Å². The second-order valence-corrected chi connectivity index (χ2v) is 4.94. The molecular weight excluding hydrogens is 216 g/mol. The number of nitrogens with one attached hydrogen (secondary N) is 1. The molecule has 17 heavy (non-hydrogen) atoms. The lowest BCUT2D eigenvalue weighted by Gasteiger charge is -2.36. The van der Waals surface area contributed by atoms with Gasteiger partial charge in [-0.15, -0.1) is 0 Å². The van der Waals surface area contributed by atoms with Gasteiger partial charge in [-0.05, 0) is 44.2 Å². The van der Waals surface area contributed by atoms with Gasteiger partial charge in [-0.2, -0.15) is 0 Å². The summed E-state index contributed by atoms with van der Waals surface area (Å²) in [6.45, 7) is 0.631. The van der Waals surface area contributed by atoms with Crippen molar-refractivity contribution in [2.75, 3.05) is 6.54 Å². The van der Waals surface area contributed by atoms with Crippen molar-refractivity contribution in [3.63, 3.8) is 0 Å². The van der Waals surface area contributed by atoms with Gasteiger partial charge in [0.25, 0.3) is 5.91 Å². The van der Waals surface area contributed by atoms with Crippen LogP contribution in [0.4, 0.5) is 0 Å². The predicted octanol–water partition coefficient (Wildman–Crippen LogP) is 1.45. The van der Waals surface area contributed by atoms with Crippen molar-refractivity contribution in [3.05, 3.63) is 24.0 Å². The van der Waals surface area contributed by atoms with Crippen LogP contribution in [0, 0.1) is 0 Å². The van der Waals surface area contributed by atoms with E-state index in [-0.39, 0.29) is 5.91 Å². The number of carbonyl (C=O) groups excluding carboxylic acids is 1. The Labute approximate surface area is 102 Å². The molecule has 4 nitrogen and oxygen atoms in total. The van der Waals surface area contributed by atoms with E-state index >= 15 is 0 Å². The fraction of sp³-hybridized carbons (Fsp3) is 0.615. The van der Waals surface area contributed by atoms with E-state index in [4.69, 9.17) is 0 Å². The van der Waals surface area contributed by atoms with Gasteiger partial charge in [0, 0.05) is 19.8 Å². The van der Waals surface area contributed by atoms with Gasteiger partial charge in [0.15, 0.2) is 0 Å². The van der Waals surface area contributed by atoms with Crippen LogP contribution in [-0.4, -0.2) is 27.7 Å². The molecule has 94 valence electrons. The molecule has 0 radical (unpaired) electrons. The zero-order valence-electron chi connectivity index (χ0n) is 10.3. The zero-order chi connectivity index (χ0) is 12.3. The Bertz CT molecular complexity index is 394. The number of carbonyl (C=O) groups is 1. The largest absolute Gasteiger partial charge is 0.390 e. The molecule has 4 heteroatoms. The number of rotatable bonds is 5. The molecule has 0 spiro atoms. The highest BCUT2D eigenvalue weighted by molar-refractivity contribution is 5.92. The first-order chi connectivity index (χ1) is 8.11. The lowest BCUT2D eigenvalue weighted by atomic mass is 9.77. The Hall–Kier alpha value is -1.29. The van der Waals surface area contributed by atoms with Gasteiger partial charge < -0.3 is 15.0 Å². The normalized spacial score (nSPS) is 17.5. The van der Waals surface area contributed by atoms with Gasteiger partial charge in [-0.3, -0.25) is 4.79 Å². The fourth-order valence-electron chi connectivity index (χ4n) is 2.24. The first-order valence-electron chi connectivity index (χ1n) is 6.23. The van der Waals surface area contributed by atoms with E-state index < -0.39 is 5.60 Å². The highest BCUT2D eigenvalue weighted by atomic mass is 16.3. The molecule has 1 aliphatic rings. The number of hydrogen-bond acceptors (Lipinski definition) is 2. The van der Waals surface area contributed by atoms with Crippen molar-refractivity contribution in [1.82, 2.24) is 9.88 Å². The van der Waals surface area contributed by atoms with E-state index in [1.807, 2.05) is 19.3 Å². The van der Waals surface area contributed by atoms with Crippen molar-refractivity contribution in [2.24, 2.45) is 7.05 Å². The number of aryl methyl sites for hydroxylation is 1. The highest BCUT2D eigenvalue weighted by Gasteiger charge is 2.33. The third-order valence-corrected chi connectivity index (χ3v) is 3.57. The lowest BCUT2D eigenvalue weighted by molar-refractivity contribution is -0.0413. The Morgan fingerprint density at radius 1 is 1.59 bits per heavy atom. The topological polar surface area (TPSA) is 54.3 Å². The number of aromatic nitrogens is 1. The molecule has 1 saturated carbocycles. The second-order valence-electron chi connectivity index (χ2n) is 4.94. The summed E-state index contributed by atoms with van der Waals surface area (Å²) in [4.78, 5) is 11.7. The SMILES string of the molecule is Cn1cccc1C(=O)NCCCC1(O)CCC1. The first kappa shape index (κ1) is 12.2. The van der Waals surface area contributed by atoms with Crippen LogP contribution in [0.2, 0.25) is 0 Å². The lowest BCUT2D eigenvalue weighted by Crippen LogP contribution is -2.37. The first-order valence-corrected chi connectivity index (χ1v) is 6.23. The number of aliphatic hydroxyl groups is 1. The summed E-state index contributed by atoms with van der Waals surface area (Å²) in [5.41, 5.74) is 0.239. The summed E-state index contributed by atoms with van der Waals surface area (Å²) < 4.78 is 1.80. The predicted molar refractivity (Wildman–Crippen MR) is 65.8 cm³/mol. The summed E-state index contributed by atoms with van der Waals surface area (Å²) in [5, 5.41) is 12.8. The smallest absolute Gasteiger partial charge is 0.267 e. The molecule has 0 aromatic carbocycles. The van der Waals surface area contributed by atoms with E-state index in [2.05, 4.69) is 5.32 Å². The second kappa shape index (κ2) is 4.92. The number of hydrogen-bond donors (Lipinski definition) is 2. The molecule has 0 atom stereocenters. The third kappa shape index (κ3) is 2.88. The molecule has 0 saturated heterocycles. The summed E-state index contributed by atoms with van der Waals surface area (Å²) in [6.07, 6.45) is 6.45. The van der Waals surface area contributed by atoms with Gasteiger partial charge >= 0.3 is 0 Å². The zero-order valence-corrected chi connectivity index (χ0v) is 10.3. The summed E-state index contributed by atoms with van der Waals surface area (Å²) in [7, 11) is 1.85. The fourth-order valence-corrected chi connectivity index (χ4v) is 2.24. The Morgan fingerprint density at radius 2 is 2.35 bits per heavy atom. The minimum Gasteiger partial charge on any atom is -0.390 e. The Morgan fingerprint density at radius 3 is 2.88 bits per heavy atom. The van der Waals surface area contributed by atoms with E-state index in [1.165, 1.54) is 0 Å². The van der Waals surface area contributed by atoms with Gasteiger partial charge in [-0.1, -0.05) is 0 Å². The van der Waals surface area contributed by atoms with Crippen LogP contribution in [-0.2, 0) is 7.05 Å². The average molecular weight is 236 g/mol. The molecule has 1 aromatic heterocycles. The van der Waals surface area contributed by atoms with E-state index in [9.17, 15) is 9.90 Å². The maximum Gasteiger partial charge on any atom is 0.267 e. The molecule has 1 aromatic rings. The number of nitrogens with zero attached hydrogens (tertiary/aromatic N) is 1. The monoisotopic (exact) mass is 236 g/mol. The molecule has 1 heterocycles. The van der Waals surface area contributed by atoms with Crippen molar-refractivity contribution in [2.45, 2.75) is 37.7 Å². The summed E-state index contributed by atoms with van der Waals surface area (Å²) in [5.74, 6) is -0.0434. The van der Waals surface area contributed by atoms with Gasteiger partial charge in [0.1, 0.15) is 5.69 Å². The molecule has 0 unspecified atom stereocenters. The van der Waals surface area contributed by atoms with Crippen LogP contribution < -0.4 is 5.32 Å². The van der Waals surface area contributed by atoms with Crippen LogP contribution in [0.5, 0.6) is 0 Å². The molecule has 1 amide bonds. The minimum atomic E-state index is -0.435. The molecule has 1 aliphatic carbocycles. The maximum absolute atomic E-state index is 11.7. The molecular formula is C13H20N2O2. The molecule has 0 aliphatic heterocycles. The Balaban J connectivity index is 1.68. The van der Waals surface area contributed by atoms with Gasteiger partial charge in [0.05, 0.1) is 5.60 Å². The quantitative estimate of drug-likeness (QED) is 0.760. The average Bonchev–Trinajstić information content (AvgIpc) is 2.68. The van der Waals surface area contributed by atoms with Crippen LogP contribution in [0.25, 0.3) is 0 Å². The van der Waals surface area contributed by atoms with E-state index in [1.54, 1.807) is 10.6 Å². The van der Waals surface area contributed by atoms with Crippen molar-refractivity contribution in [1.29, 1.82) is 0 Å².